The Morgan fingerprint density at radius 2 is 0.451 bits per heavy atom. The van der Waals surface area contributed by atoms with Crippen molar-refractivity contribution in [2.45, 2.75) is 71.4 Å². The zero-order valence-electron chi connectivity index (χ0n) is 57.9. The Balaban J connectivity index is 0.000000317. The van der Waals surface area contributed by atoms with Gasteiger partial charge in [0.25, 0.3) is 46.4 Å². The molecule has 584 valence electrons. The van der Waals surface area contributed by atoms with Crippen molar-refractivity contribution in [3.05, 3.63) is 235 Å². The first-order valence-electron chi connectivity index (χ1n) is 30.4. The number of nitrogens with one attached hydrogen (secondary N) is 4. The fraction of sp³-hybridized carbons (Fsp3) is 0.125. The van der Waals surface area contributed by atoms with Gasteiger partial charge in [0.05, 0.1) is 39.3 Å². The average molecular weight is 1660 g/mol. The quantitative estimate of drug-likeness (QED) is 0.00893. The number of azo groups is 4. The minimum Gasteiger partial charge on any atom is -0.744 e. The molecular weight excluding hydrogens is 1610 g/mol. The number of ketones is 4. The molecule has 4 atom stereocenters. The molecule has 0 saturated carbocycles. The van der Waals surface area contributed by atoms with Crippen LogP contribution in [0.25, 0.3) is 0 Å². The molecule has 0 bridgehead atoms. The van der Waals surface area contributed by atoms with Crippen molar-refractivity contribution in [3.8, 4) is 0 Å². The third-order valence-electron chi connectivity index (χ3n) is 13.6. The largest absolute Gasteiger partial charge is 2.00 e. The average Bonchev–Trinajstić information content (AvgIpc) is 0.829. The standard InChI is InChI=1S/4C16H14N4O7S.Ca/c4*1-10(21)15(16(22)17-11-5-3-2-4-6-11)19-18-13-8-7-12(28(25,26)27)9-14(13)20(23)24;/h4*2-9,15H,1H3,(H,17,22)(H,25,26,27);/q;;;;+2/p-4. The summed E-state index contributed by atoms with van der Waals surface area (Å²) in [6, 6.07) is 35.5. The number of para-hydroxylation sites is 4. The van der Waals surface area contributed by atoms with Crippen molar-refractivity contribution in [1.29, 1.82) is 0 Å². The van der Waals surface area contributed by atoms with E-state index in [0.717, 1.165) is 76.2 Å². The third kappa shape index (κ3) is 29.2. The number of nitro groups is 4. The number of carbonyl (C=O) groups is 8. The first-order chi connectivity index (χ1) is 52.4. The van der Waals surface area contributed by atoms with E-state index in [2.05, 4.69) is 62.2 Å². The number of Topliss-reactive ketones (excluding diaryl/α,β-unsaturated/α-hetero) is 4. The number of nitrogens with zero attached hydrogens (tertiary/aromatic N) is 12. The molecule has 8 aromatic carbocycles. The van der Waals surface area contributed by atoms with E-state index in [-0.39, 0.29) is 37.7 Å². The molecule has 0 fully saturated rings. The van der Waals surface area contributed by atoms with Gasteiger partial charge in [0.15, 0.2) is 45.9 Å². The van der Waals surface area contributed by atoms with E-state index < -0.39 is 196 Å². The number of hydrogen-bond donors (Lipinski definition) is 4. The van der Waals surface area contributed by atoms with E-state index in [1.165, 1.54) is 0 Å². The van der Waals surface area contributed by atoms with Crippen LogP contribution in [0.5, 0.6) is 0 Å². The summed E-state index contributed by atoms with van der Waals surface area (Å²) in [5, 5.41) is 82.7. The number of anilines is 4. The molecular formula is C64H52CaN16O28S4-2. The van der Waals surface area contributed by atoms with E-state index in [9.17, 15) is 131 Å². The zero-order valence-corrected chi connectivity index (χ0v) is 63.4. The molecule has 0 aliphatic heterocycles. The molecule has 0 spiro atoms. The maximum Gasteiger partial charge on any atom is 2.00 e. The van der Waals surface area contributed by atoms with Gasteiger partial charge in [-0.2, -0.15) is 20.5 Å². The summed E-state index contributed by atoms with van der Waals surface area (Å²) in [4.78, 5) is 133. The molecule has 0 saturated heterocycles. The molecule has 49 heteroatoms. The molecule has 4 unspecified atom stereocenters. The first kappa shape index (κ1) is 92.6. The normalized spacial score (nSPS) is 12.4. The number of nitro benzene ring substituents is 4. The van der Waals surface area contributed by atoms with Crippen LogP contribution < -0.4 is 21.3 Å². The van der Waals surface area contributed by atoms with Gasteiger partial charge in [-0.25, -0.2) is 33.7 Å². The predicted octanol–water partition coefficient (Wildman–Crippen LogP) is 8.33. The van der Waals surface area contributed by atoms with Crippen LogP contribution in [-0.2, 0) is 78.8 Å². The molecule has 44 nitrogen and oxygen atoms in total. The maximum atomic E-state index is 12.2. The van der Waals surface area contributed by atoms with Gasteiger partial charge in [-0.05, 0) is 125 Å². The van der Waals surface area contributed by atoms with Gasteiger partial charge < -0.3 is 39.5 Å². The van der Waals surface area contributed by atoms with Crippen LogP contribution in [0.3, 0.4) is 0 Å². The first-order valence-corrected chi connectivity index (χ1v) is 36.1. The van der Waals surface area contributed by atoms with Crippen molar-refractivity contribution in [1.82, 2.24) is 0 Å². The van der Waals surface area contributed by atoms with Crippen LogP contribution >= 0.6 is 0 Å². The topological polar surface area (TPSA) is 685 Å². The Labute approximate surface area is 666 Å². The van der Waals surface area contributed by atoms with Crippen molar-refractivity contribution in [2.75, 3.05) is 21.3 Å². The molecule has 4 amide bonds. The van der Waals surface area contributed by atoms with E-state index in [0.29, 0.717) is 47.0 Å². The second kappa shape index (κ2) is 41.9. The van der Waals surface area contributed by atoms with Gasteiger partial charge in [-0.15, -0.1) is 20.5 Å². The molecule has 0 heterocycles. The molecule has 0 aromatic heterocycles. The fourth-order valence-corrected chi connectivity index (χ4v) is 10.2. The van der Waals surface area contributed by atoms with Crippen LogP contribution in [-0.4, -0.2) is 180 Å². The number of hydrogen-bond acceptors (Lipinski definition) is 36. The maximum absolute atomic E-state index is 12.2. The third-order valence-corrected chi connectivity index (χ3v) is 16.9. The van der Waals surface area contributed by atoms with Gasteiger partial charge in [0.2, 0.25) is 24.2 Å². The molecule has 0 aliphatic rings. The Hall–Kier alpha value is -12.8. The minimum absolute atomic E-state index is 0. The van der Waals surface area contributed by atoms with Gasteiger partial charge in [0.1, 0.15) is 40.5 Å². The summed E-state index contributed by atoms with van der Waals surface area (Å²) in [5.41, 5.74) is -3.31. The summed E-state index contributed by atoms with van der Waals surface area (Å²) in [6.07, 6.45) is 0. The summed E-state index contributed by atoms with van der Waals surface area (Å²) < 4.78 is 132. The van der Waals surface area contributed by atoms with E-state index in [4.69, 9.17) is 0 Å². The van der Waals surface area contributed by atoms with Gasteiger partial charge in [-0.1, -0.05) is 72.8 Å². The number of amides is 4. The summed E-state index contributed by atoms with van der Waals surface area (Å²) >= 11 is 0. The Kier molecular flexibility index (Phi) is 34.3. The number of carbonyl (C=O) groups excluding carboxylic acids is 8. The summed E-state index contributed by atoms with van der Waals surface area (Å²) in [7, 11) is -19.7. The van der Waals surface area contributed by atoms with Crippen molar-refractivity contribution in [2.24, 2.45) is 40.9 Å². The van der Waals surface area contributed by atoms with E-state index in [1.54, 1.807) is 121 Å². The number of benzene rings is 8. The van der Waals surface area contributed by atoms with Crippen LogP contribution in [0.15, 0.2) is 255 Å². The summed E-state index contributed by atoms with van der Waals surface area (Å²) in [6.45, 7) is 4.37. The zero-order chi connectivity index (χ0) is 83.6. The van der Waals surface area contributed by atoms with Crippen LogP contribution in [0.2, 0.25) is 0 Å². The molecule has 0 radical (unpaired) electrons. The van der Waals surface area contributed by atoms with Crippen LogP contribution in [0, 0.1) is 40.5 Å². The van der Waals surface area contributed by atoms with Crippen molar-refractivity contribution >= 4 is 193 Å². The Morgan fingerprint density at radius 1 is 0.292 bits per heavy atom. The fourth-order valence-electron chi connectivity index (χ4n) is 8.24. The van der Waals surface area contributed by atoms with Crippen LogP contribution in [0.1, 0.15) is 27.7 Å². The Morgan fingerprint density at radius 3 is 0.584 bits per heavy atom. The van der Waals surface area contributed by atoms with Crippen LogP contribution in [0.4, 0.5) is 68.2 Å². The van der Waals surface area contributed by atoms with Crippen molar-refractivity contribution in [3.63, 3.8) is 0 Å². The van der Waals surface area contributed by atoms with E-state index in [1.807, 2.05) is 0 Å². The molecule has 8 aromatic rings. The van der Waals surface area contributed by atoms with Gasteiger partial charge in [0, 0.05) is 47.0 Å². The molecule has 0 aliphatic carbocycles. The molecule has 113 heavy (non-hydrogen) atoms. The van der Waals surface area contributed by atoms with Gasteiger partial charge in [-0.3, -0.25) is 78.8 Å². The monoisotopic (exact) mass is 1660 g/mol. The molecule has 8 rings (SSSR count). The smallest absolute Gasteiger partial charge is 0.744 e. The Bertz CT molecular complexity index is 4900. The second-order valence-electron chi connectivity index (χ2n) is 21.8. The number of rotatable bonds is 28. The minimum atomic E-state index is -4.91. The predicted molar refractivity (Wildman–Crippen MR) is 386 cm³/mol. The van der Waals surface area contributed by atoms with Gasteiger partial charge >= 0.3 is 37.7 Å². The summed E-state index contributed by atoms with van der Waals surface area (Å²) in [5.74, 6) is -5.88. The molecule has 4 N–H and O–H groups in total. The SMILES string of the molecule is CC(=O)C(N=Nc1ccc(S(=O)(=O)[O-])cc1[N+](=O)[O-])C(=O)Nc1ccccc1.CC(=O)C(N=Nc1ccc(S(=O)(=O)[O-])cc1[N+](=O)[O-])C(=O)Nc1ccccc1.CC(=O)C(N=Nc1ccc(S(=O)(=O)[O-])cc1[N+](=O)[O-])C(=O)Nc1ccccc1.CC(=O)C(N=Nc1ccc(S(=O)(=O)[O-])cc1[N+](=O)[O-])C(=O)Nc1ccccc1.[Ca+2]. The van der Waals surface area contributed by atoms with E-state index >= 15 is 0 Å². The van der Waals surface area contributed by atoms with Crippen molar-refractivity contribution < 1.29 is 110 Å². The second-order valence-corrected chi connectivity index (χ2v) is 27.3.